The Morgan fingerprint density at radius 1 is 1.32 bits per heavy atom. The van der Waals surface area contributed by atoms with Gasteiger partial charge in [0.2, 0.25) is 0 Å². The van der Waals surface area contributed by atoms with Crippen molar-refractivity contribution in [1.29, 1.82) is 5.26 Å². The fourth-order valence-electron chi connectivity index (χ4n) is 1.44. The SMILES string of the molecule is CC(=O)CCS(=O)(=O)c1ccc(NCCC#N)cc1. The molecule has 5 nitrogen and oxygen atoms in total. The molecule has 1 rings (SSSR count). The Hall–Kier alpha value is -1.87. The molecule has 19 heavy (non-hydrogen) atoms. The zero-order valence-electron chi connectivity index (χ0n) is 10.7. The molecule has 1 aromatic rings. The minimum Gasteiger partial charge on any atom is -0.384 e. The van der Waals surface area contributed by atoms with Crippen LogP contribution in [-0.4, -0.2) is 26.5 Å². The van der Waals surface area contributed by atoms with Gasteiger partial charge >= 0.3 is 0 Å². The fraction of sp³-hybridized carbons (Fsp3) is 0.385. The largest absolute Gasteiger partial charge is 0.384 e. The van der Waals surface area contributed by atoms with Gasteiger partial charge in [0.05, 0.1) is 23.1 Å². The van der Waals surface area contributed by atoms with Crippen molar-refractivity contribution in [1.82, 2.24) is 0 Å². The van der Waals surface area contributed by atoms with Gasteiger partial charge in [0.1, 0.15) is 5.78 Å². The maximum Gasteiger partial charge on any atom is 0.178 e. The van der Waals surface area contributed by atoms with Gasteiger partial charge < -0.3 is 5.32 Å². The molecule has 0 aliphatic rings. The predicted octanol–water partition coefficient (Wildman–Crippen LogP) is 1.76. The average Bonchev–Trinajstić information content (AvgIpc) is 2.37. The summed E-state index contributed by atoms with van der Waals surface area (Å²) in [6.07, 6.45) is 0.420. The zero-order chi connectivity index (χ0) is 14.3. The number of hydrogen-bond donors (Lipinski definition) is 1. The first-order valence-corrected chi connectivity index (χ1v) is 7.54. The van der Waals surface area contributed by atoms with Crippen LogP contribution in [0.1, 0.15) is 19.8 Å². The number of nitrogens with zero attached hydrogens (tertiary/aromatic N) is 1. The molecule has 0 fully saturated rings. The van der Waals surface area contributed by atoms with Gasteiger partial charge in [-0.05, 0) is 31.2 Å². The summed E-state index contributed by atoms with van der Waals surface area (Å²) in [5.41, 5.74) is 0.765. The maximum absolute atomic E-state index is 11.9. The van der Waals surface area contributed by atoms with Crippen molar-refractivity contribution in [2.24, 2.45) is 0 Å². The van der Waals surface area contributed by atoms with Gasteiger partial charge in [-0.25, -0.2) is 8.42 Å². The Labute approximate surface area is 113 Å². The molecule has 0 saturated carbocycles. The van der Waals surface area contributed by atoms with E-state index in [9.17, 15) is 13.2 Å². The van der Waals surface area contributed by atoms with Gasteiger partial charge in [-0.15, -0.1) is 0 Å². The van der Waals surface area contributed by atoms with Gasteiger partial charge in [0, 0.05) is 18.7 Å². The van der Waals surface area contributed by atoms with Crippen LogP contribution in [0.4, 0.5) is 5.69 Å². The molecule has 102 valence electrons. The number of anilines is 1. The smallest absolute Gasteiger partial charge is 0.178 e. The number of sulfone groups is 1. The summed E-state index contributed by atoms with van der Waals surface area (Å²) in [5.74, 6) is -0.304. The highest BCUT2D eigenvalue weighted by Gasteiger charge is 2.14. The van der Waals surface area contributed by atoms with E-state index in [1.165, 1.54) is 19.1 Å². The normalized spacial score (nSPS) is 10.7. The molecule has 0 aromatic heterocycles. The molecule has 0 aliphatic carbocycles. The third-order valence-corrected chi connectivity index (χ3v) is 4.23. The van der Waals surface area contributed by atoms with Crippen LogP contribution < -0.4 is 5.32 Å². The second kappa shape index (κ2) is 6.90. The van der Waals surface area contributed by atoms with E-state index in [0.29, 0.717) is 13.0 Å². The monoisotopic (exact) mass is 280 g/mol. The Morgan fingerprint density at radius 3 is 2.47 bits per heavy atom. The lowest BCUT2D eigenvalue weighted by molar-refractivity contribution is -0.116. The van der Waals surface area contributed by atoms with E-state index >= 15 is 0 Å². The summed E-state index contributed by atoms with van der Waals surface area (Å²) in [7, 11) is -3.40. The second-order valence-corrected chi connectivity index (χ2v) is 6.24. The molecular weight excluding hydrogens is 264 g/mol. The molecule has 1 aromatic carbocycles. The van der Waals surface area contributed by atoms with Crippen molar-refractivity contribution in [3.8, 4) is 6.07 Å². The second-order valence-electron chi connectivity index (χ2n) is 4.13. The quantitative estimate of drug-likeness (QED) is 0.769. The highest BCUT2D eigenvalue weighted by molar-refractivity contribution is 7.91. The van der Waals surface area contributed by atoms with Crippen molar-refractivity contribution in [2.75, 3.05) is 17.6 Å². The van der Waals surface area contributed by atoms with Crippen LogP contribution in [0.5, 0.6) is 0 Å². The third-order valence-electron chi connectivity index (χ3n) is 2.50. The van der Waals surface area contributed by atoms with Gasteiger partial charge in [0.15, 0.2) is 9.84 Å². The number of hydrogen-bond acceptors (Lipinski definition) is 5. The highest BCUT2D eigenvalue weighted by Crippen LogP contribution is 2.16. The topological polar surface area (TPSA) is 87.0 Å². The van der Waals surface area contributed by atoms with Gasteiger partial charge in [-0.2, -0.15) is 5.26 Å². The van der Waals surface area contributed by atoms with Gasteiger partial charge in [-0.3, -0.25) is 4.79 Å². The summed E-state index contributed by atoms with van der Waals surface area (Å²) >= 11 is 0. The first-order valence-electron chi connectivity index (χ1n) is 5.89. The fourth-order valence-corrected chi connectivity index (χ4v) is 2.78. The number of nitriles is 1. The molecule has 1 N–H and O–H groups in total. The summed E-state index contributed by atoms with van der Waals surface area (Å²) in [4.78, 5) is 11.0. The molecule has 0 heterocycles. The van der Waals surface area contributed by atoms with Crippen molar-refractivity contribution in [3.05, 3.63) is 24.3 Å². The van der Waals surface area contributed by atoms with Crippen LogP contribution in [0.3, 0.4) is 0 Å². The summed E-state index contributed by atoms with van der Waals surface area (Å²) in [5, 5.41) is 11.4. The van der Waals surface area contributed by atoms with E-state index in [1.807, 2.05) is 6.07 Å². The van der Waals surface area contributed by atoms with E-state index < -0.39 is 9.84 Å². The molecule has 0 aliphatic heterocycles. The van der Waals surface area contributed by atoms with E-state index in [2.05, 4.69) is 5.32 Å². The lowest BCUT2D eigenvalue weighted by atomic mass is 10.3. The first-order chi connectivity index (χ1) is 8.95. The van der Waals surface area contributed by atoms with E-state index in [1.54, 1.807) is 12.1 Å². The maximum atomic E-state index is 11.9. The number of nitrogens with one attached hydrogen (secondary N) is 1. The molecule has 6 heteroatoms. The van der Waals surface area contributed by atoms with Crippen molar-refractivity contribution >= 4 is 21.3 Å². The standard InChI is InChI=1S/C13H16N2O3S/c1-11(16)7-10-19(17,18)13-5-3-12(4-6-13)15-9-2-8-14/h3-6,15H,2,7,9-10H2,1H3. The Balaban J connectivity index is 2.70. The molecule has 0 radical (unpaired) electrons. The molecule has 0 amide bonds. The molecular formula is C13H16N2O3S. The van der Waals surface area contributed by atoms with E-state index in [0.717, 1.165) is 5.69 Å². The highest BCUT2D eigenvalue weighted by atomic mass is 32.2. The molecule has 0 atom stereocenters. The van der Waals surface area contributed by atoms with Crippen molar-refractivity contribution in [2.45, 2.75) is 24.7 Å². The summed E-state index contributed by atoms with van der Waals surface area (Å²) in [6, 6.07) is 8.32. The van der Waals surface area contributed by atoms with Crippen LogP contribution in [0.25, 0.3) is 0 Å². The van der Waals surface area contributed by atoms with Crippen LogP contribution in [0, 0.1) is 11.3 Å². The molecule has 0 spiro atoms. The predicted molar refractivity (Wildman–Crippen MR) is 72.5 cm³/mol. The van der Waals surface area contributed by atoms with E-state index in [-0.39, 0.29) is 22.9 Å². The molecule has 0 saturated heterocycles. The number of carbonyl (C=O) groups excluding carboxylic acids is 1. The van der Waals surface area contributed by atoms with E-state index in [4.69, 9.17) is 5.26 Å². The van der Waals surface area contributed by atoms with Gasteiger partial charge in [0.25, 0.3) is 0 Å². The van der Waals surface area contributed by atoms with Crippen molar-refractivity contribution < 1.29 is 13.2 Å². The minimum atomic E-state index is -3.40. The number of Topliss-reactive ketones (excluding diaryl/α,β-unsaturated/α-hetero) is 1. The van der Waals surface area contributed by atoms with Crippen LogP contribution in [-0.2, 0) is 14.6 Å². The molecule has 0 unspecified atom stereocenters. The lowest BCUT2D eigenvalue weighted by Gasteiger charge is -2.06. The van der Waals surface area contributed by atoms with Gasteiger partial charge in [-0.1, -0.05) is 0 Å². The molecule has 0 bridgehead atoms. The average molecular weight is 280 g/mol. The third kappa shape index (κ3) is 5.10. The Morgan fingerprint density at radius 2 is 1.95 bits per heavy atom. The first kappa shape index (κ1) is 15.2. The summed E-state index contributed by atoms with van der Waals surface area (Å²) < 4.78 is 23.8. The Bertz CT molecular complexity index is 571. The zero-order valence-corrected chi connectivity index (χ0v) is 11.5. The number of benzene rings is 1. The van der Waals surface area contributed by atoms with Crippen LogP contribution >= 0.6 is 0 Å². The van der Waals surface area contributed by atoms with Crippen molar-refractivity contribution in [3.63, 3.8) is 0 Å². The van der Waals surface area contributed by atoms with Crippen LogP contribution in [0.2, 0.25) is 0 Å². The number of carbonyl (C=O) groups is 1. The number of ketones is 1. The Kier molecular flexibility index (Phi) is 5.52. The number of rotatable bonds is 7. The lowest BCUT2D eigenvalue weighted by Crippen LogP contribution is -2.10. The summed E-state index contributed by atoms with van der Waals surface area (Å²) in [6.45, 7) is 1.89. The van der Waals surface area contributed by atoms with Crippen LogP contribution in [0.15, 0.2) is 29.2 Å². The minimum absolute atomic E-state index is 0.0322.